The molecule has 4 aromatic heterocycles. The van der Waals surface area contributed by atoms with Crippen molar-refractivity contribution in [1.82, 2.24) is 19.5 Å². The SMILES string of the molecule is C=C/C=C(\N=C)c1nc(-c2cnc(-c3cccnc3)s2)cc2c1ccn2C. The van der Waals surface area contributed by atoms with Crippen LogP contribution in [0.4, 0.5) is 0 Å². The van der Waals surface area contributed by atoms with Crippen molar-refractivity contribution in [1.29, 1.82) is 0 Å². The van der Waals surface area contributed by atoms with Crippen LogP contribution in [0.15, 0.2) is 72.8 Å². The van der Waals surface area contributed by atoms with Crippen LogP contribution >= 0.6 is 11.3 Å². The van der Waals surface area contributed by atoms with Gasteiger partial charge in [0.25, 0.3) is 0 Å². The highest BCUT2D eigenvalue weighted by molar-refractivity contribution is 7.18. The Balaban J connectivity index is 1.89. The zero-order valence-corrected chi connectivity index (χ0v) is 15.6. The molecule has 6 heteroatoms. The van der Waals surface area contributed by atoms with E-state index in [1.807, 2.05) is 49.9 Å². The third-order valence-corrected chi connectivity index (χ3v) is 5.31. The predicted molar refractivity (Wildman–Crippen MR) is 113 cm³/mol. The van der Waals surface area contributed by atoms with Crippen molar-refractivity contribution in [3.8, 4) is 21.1 Å². The van der Waals surface area contributed by atoms with E-state index in [4.69, 9.17) is 4.98 Å². The Labute approximate surface area is 161 Å². The van der Waals surface area contributed by atoms with Gasteiger partial charge in [0.1, 0.15) is 5.01 Å². The molecule has 0 aliphatic carbocycles. The van der Waals surface area contributed by atoms with Crippen molar-refractivity contribution in [2.75, 3.05) is 0 Å². The van der Waals surface area contributed by atoms with E-state index >= 15 is 0 Å². The minimum absolute atomic E-state index is 0.694. The summed E-state index contributed by atoms with van der Waals surface area (Å²) in [5.41, 5.74) is 4.40. The van der Waals surface area contributed by atoms with Crippen LogP contribution in [-0.4, -0.2) is 26.2 Å². The fourth-order valence-corrected chi connectivity index (χ4v) is 3.79. The monoisotopic (exact) mass is 371 g/mol. The second-order valence-corrected chi connectivity index (χ2v) is 6.96. The first-order chi connectivity index (χ1) is 13.2. The van der Waals surface area contributed by atoms with E-state index in [-0.39, 0.29) is 0 Å². The van der Waals surface area contributed by atoms with Crippen LogP contribution in [0.1, 0.15) is 5.69 Å². The normalized spacial score (nSPS) is 11.7. The molecule has 4 rings (SSSR count). The molecule has 27 heavy (non-hydrogen) atoms. The van der Waals surface area contributed by atoms with E-state index < -0.39 is 0 Å². The molecule has 5 nitrogen and oxygen atoms in total. The van der Waals surface area contributed by atoms with Crippen molar-refractivity contribution < 1.29 is 0 Å². The van der Waals surface area contributed by atoms with Gasteiger partial charge in [-0.15, -0.1) is 11.3 Å². The molecule has 0 fully saturated rings. The van der Waals surface area contributed by atoms with Crippen molar-refractivity contribution >= 4 is 34.7 Å². The zero-order valence-electron chi connectivity index (χ0n) is 14.8. The highest BCUT2D eigenvalue weighted by atomic mass is 32.1. The minimum atomic E-state index is 0.694. The molecule has 0 unspecified atom stereocenters. The zero-order chi connectivity index (χ0) is 18.8. The summed E-state index contributed by atoms with van der Waals surface area (Å²) >= 11 is 1.59. The summed E-state index contributed by atoms with van der Waals surface area (Å²) in [5.74, 6) is 0. The molecule has 0 aliphatic heterocycles. The van der Waals surface area contributed by atoms with Crippen molar-refractivity contribution in [3.63, 3.8) is 0 Å². The lowest BCUT2D eigenvalue weighted by atomic mass is 10.1. The predicted octanol–water partition coefficient (Wildman–Crippen LogP) is 4.99. The Hall–Kier alpha value is -3.38. The first kappa shape index (κ1) is 17.1. The molecule has 0 aliphatic rings. The van der Waals surface area contributed by atoms with E-state index in [1.165, 1.54) is 0 Å². The van der Waals surface area contributed by atoms with Gasteiger partial charge in [-0.3, -0.25) is 9.98 Å². The molecule has 0 atom stereocenters. The van der Waals surface area contributed by atoms with Crippen molar-refractivity contribution in [2.45, 2.75) is 0 Å². The maximum Gasteiger partial charge on any atom is 0.125 e. The smallest absolute Gasteiger partial charge is 0.125 e. The number of hydrogen-bond donors (Lipinski definition) is 0. The summed E-state index contributed by atoms with van der Waals surface area (Å²) in [6.45, 7) is 7.45. The molecular weight excluding hydrogens is 354 g/mol. The topological polar surface area (TPSA) is 56.0 Å². The number of thiazole rings is 1. The average Bonchev–Trinajstić information content (AvgIpc) is 3.34. The number of aryl methyl sites for hydroxylation is 1. The summed E-state index contributed by atoms with van der Waals surface area (Å²) in [7, 11) is 2.02. The maximum atomic E-state index is 4.87. The molecule has 0 amide bonds. The molecule has 0 bridgehead atoms. The number of fused-ring (bicyclic) bond motifs is 1. The Morgan fingerprint density at radius 3 is 2.93 bits per heavy atom. The molecule has 0 aromatic carbocycles. The van der Waals surface area contributed by atoms with Gasteiger partial charge in [0.05, 0.1) is 27.5 Å². The number of hydrogen-bond acceptors (Lipinski definition) is 5. The summed E-state index contributed by atoms with van der Waals surface area (Å²) in [4.78, 5) is 18.7. The lowest BCUT2D eigenvalue weighted by Gasteiger charge is -2.07. The number of aromatic nitrogens is 4. The number of aliphatic imine (C=N–C) groups is 1. The second kappa shape index (κ2) is 7.09. The Bertz CT molecular complexity index is 1170. The van der Waals surface area contributed by atoms with Crippen molar-refractivity contribution in [2.24, 2.45) is 12.0 Å². The molecule has 4 aromatic rings. The van der Waals surface area contributed by atoms with Gasteiger partial charge < -0.3 is 4.57 Å². The van der Waals surface area contributed by atoms with Gasteiger partial charge in [0.15, 0.2) is 0 Å². The van der Waals surface area contributed by atoms with Gasteiger partial charge in [-0.1, -0.05) is 12.7 Å². The lowest BCUT2D eigenvalue weighted by Crippen LogP contribution is -1.94. The van der Waals surface area contributed by atoms with Crippen molar-refractivity contribution in [3.05, 3.63) is 73.5 Å². The summed E-state index contributed by atoms with van der Waals surface area (Å²) in [6.07, 6.45) is 11.0. The maximum absolute atomic E-state index is 4.87. The lowest BCUT2D eigenvalue weighted by molar-refractivity contribution is 0.968. The van der Waals surface area contributed by atoms with E-state index in [1.54, 1.807) is 23.6 Å². The molecule has 0 spiro atoms. The fraction of sp³-hybridized carbons (Fsp3) is 0.0476. The van der Waals surface area contributed by atoms with Crippen LogP contribution in [0.5, 0.6) is 0 Å². The van der Waals surface area contributed by atoms with Gasteiger partial charge >= 0.3 is 0 Å². The van der Waals surface area contributed by atoms with Crippen LogP contribution < -0.4 is 0 Å². The Morgan fingerprint density at radius 2 is 2.19 bits per heavy atom. The largest absolute Gasteiger partial charge is 0.350 e. The highest BCUT2D eigenvalue weighted by Gasteiger charge is 2.15. The molecule has 0 saturated heterocycles. The Kier molecular flexibility index (Phi) is 4.48. The van der Waals surface area contributed by atoms with Gasteiger partial charge in [-0.05, 0) is 37.1 Å². The number of rotatable bonds is 5. The van der Waals surface area contributed by atoms with Gasteiger partial charge in [0.2, 0.25) is 0 Å². The van der Waals surface area contributed by atoms with Gasteiger partial charge in [-0.25, -0.2) is 9.97 Å². The highest BCUT2D eigenvalue weighted by Crippen LogP contribution is 2.34. The summed E-state index contributed by atoms with van der Waals surface area (Å²) in [6, 6.07) is 8.03. The number of nitrogens with zero attached hydrogens (tertiary/aromatic N) is 5. The van der Waals surface area contributed by atoms with E-state index in [0.717, 1.165) is 37.7 Å². The van der Waals surface area contributed by atoms with E-state index in [2.05, 4.69) is 38.9 Å². The number of allylic oxidation sites excluding steroid dienone is 2. The molecule has 0 saturated carbocycles. The average molecular weight is 371 g/mol. The first-order valence-electron chi connectivity index (χ1n) is 8.33. The van der Waals surface area contributed by atoms with Crippen LogP contribution in [-0.2, 0) is 7.05 Å². The molecule has 0 radical (unpaired) electrons. The third kappa shape index (κ3) is 3.11. The van der Waals surface area contributed by atoms with Gasteiger partial charge in [0, 0.05) is 42.8 Å². The fourth-order valence-electron chi connectivity index (χ4n) is 2.92. The summed E-state index contributed by atoms with van der Waals surface area (Å²) in [5, 5.41) is 1.94. The summed E-state index contributed by atoms with van der Waals surface area (Å²) < 4.78 is 2.07. The van der Waals surface area contributed by atoms with Crippen LogP contribution in [0.25, 0.3) is 37.7 Å². The standard InChI is InChI=1S/C21H17N5S/c1-4-6-16(22-2)20-15-8-10-26(3)18(15)11-17(25-20)19-13-24-21(27-19)14-7-5-9-23-12-14/h4-13H,1-2H2,3H3/b16-6-. The van der Waals surface area contributed by atoms with E-state index in [0.29, 0.717) is 5.70 Å². The quantitative estimate of drug-likeness (QED) is 0.367. The molecule has 132 valence electrons. The third-order valence-electron chi connectivity index (χ3n) is 4.24. The van der Waals surface area contributed by atoms with Gasteiger partial charge in [-0.2, -0.15) is 0 Å². The molecular formula is C21H17N5S. The van der Waals surface area contributed by atoms with Crippen LogP contribution in [0.3, 0.4) is 0 Å². The second-order valence-electron chi connectivity index (χ2n) is 5.93. The van der Waals surface area contributed by atoms with E-state index in [9.17, 15) is 0 Å². The molecule has 0 N–H and O–H groups in total. The number of pyridine rings is 2. The van der Waals surface area contributed by atoms with Crippen LogP contribution in [0, 0.1) is 0 Å². The first-order valence-corrected chi connectivity index (χ1v) is 9.15. The van der Waals surface area contributed by atoms with Crippen LogP contribution in [0.2, 0.25) is 0 Å². The minimum Gasteiger partial charge on any atom is -0.350 e. The Morgan fingerprint density at radius 1 is 1.30 bits per heavy atom. The molecule has 4 heterocycles.